The van der Waals surface area contributed by atoms with Gasteiger partial charge in [-0.05, 0) is 49.2 Å². The smallest absolute Gasteiger partial charge is 0.251 e. The summed E-state index contributed by atoms with van der Waals surface area (Å²) in [4.78, 5) is 32.0. The van der Waals surface area contributed by atoms with Gasteiger partial charge in [0.15, 0.2) is 0 Å². The molecule has 2 heterocycles. The predicted molar refractivity (Wildman–Crippen MR) is 125 cm³/mol. The third kappa shape index (κ3) is 5.34. The van der Waals surface area contributed by atoms with Crippen LogP contribution in [-0.4, -0.2) is 39.4 Å². The van der Waals surface area contributed by atoms with Crippen molar-refractivity contribution in [1.29, 1.82) is 0 Å². The number of carbonyl (C=O) groups is 2. The highest BCUT2D eigenvalue weighted by Crippen LogP contribution is 2.18. The molecule has 31 heavy (non-hydrogen) atoms. The van der Waals surface area contributed by atoms with Crippen LogP contribution in [0.1, 0.15) is 48.3 Å². The molecule has 7 heteroatoms. The first kappa shape index (κ1) is 21.6. The van der Waals surface area contributed by atoms with Crippen molar-refractivity contribution in [2.24, 2.45) is 0 Å². The van der Waals surface area contributed by atoms with E-state index in [1.165, 1.54) is 12.8 Å². The van der Waals surface area contributed by atoms with Crippen LogP contribution in [0.4, 0.5) is 0 Å². The van der Waals surface area contributed by atoms with Crippen LogP contribution in [-0.2, 0) is 17.9 Å². The van der Waals surface area contributed by atoms with Crippen molar-refractivity contribution in [3.8, 4) is 0 Å². The van der Waals surface area contributed by atoms with Crippen molar-refractivity contribution in [1.82, 2.24) is 19.8 Å². The fourth-order valence-corrected chi connectivity index (χ4v) is 4.32. The van der Waals surface area contributed by atoms with E-state index in [9.17, 15) is 9.59 Å². The molecule has 0 spiro atoms. The summed E-state index contributed by atoms with van der Waals surface area (Å²) in [6.45, 7) is 2.58. The number of likely N-dealkylation sites (tertiary alicyclic amines) is 1. The second-order valence-electron chi connectivity index (χ2n) is 7.90. The molecule has 1 saturated heterocycles. The Bertz CT molecular complexity index is 1050. The fraction of sp³-hybridized carbons (Fsp3) is 0.375. The molecular weight excluding hydrogens is 456 g/mol. The number of carbonyl (C=O) groups excluding carboxylic acids is 2. The van der Waals surface area contributed by atoms with Crippen LogP contribution in [0.5, 0.6) is 0 Å². The average Bonchev–Trinajstić information content (AvgIpc) is 2.94. The number of nitrogens with zero attached hydrogens (tertiary/aromatic N) is 3. The number of imidazole rings is 1. The summed E-state index contributed by atoms with van der Waals surface area (Å²) < 4.78 is 2.99. The molecule has 1 N–H and O–H groups in total. The van der Waals surface area contributed by atoms with Gasteiger partial charge in [0.2, 0.25) is 5.91 Å². The maximum absolute atomic E-state index is 12.8. The number of amides is 2. The number of nitrogens with one attached hydrogen (secondary N) is 1. The van der Waals surface area contributed by atoms with Crippen LogP contribution in [0.25, 0.3) is 11.0 Å². The van der Waals surface area contributed by atoms with Crippen molar-refractivity contribution < 1.29 is 9.59 Å². The van der Waals surface area contributed by atoms with Crippen LogP contribution in [0.15, 0.2) is 53.0 Å². The monoisotopic (exact) mass is 482 g/mol. The van der Waals surface area contributed by atoms with E-state index in [2.05, 4.69) is 25.8 Å². The quantitative estimate of drug-likeness (QED) is 0.561. The molecule has 0 bridgehead atoms. The van der Waals surface area contributed by atoms with Crippen molar-refractivity contribution >= 4 is 38.8 Å². The van der Waals surface area contributed by atoms with Gasteiger partial charge in [0, 0.05) is 36.1 Å². The molecule has 162 valence electrons. The van der Waals surface area contributed by atoms with Gasteiger partial charge in [0.25, 0.3) is 5.91 Å². The number of hydrogen-bond donors (Lipinski definition) is 1. The summed E-state index contributed by atoms with van der Waals surface area (Å²) in [7, 11) is 0. The van der Waals surface area contributed by atoms with Crippen LogP contribution in [0, 0.1) is 0 Å². The zero-order valence-electron chi connectivity index (χ0n) is 17.5. The van der Waals surface area contributed by atoms with Gasteiger partial charge in [-0.3, -0.25) is 9.59 Å². The summed E-state index contributed by atoms with van der Waals surface area (Å²) in [5.41, 5.74) is 2.46. The first-order chi connectivity index (χ1) is 15.1. The first-order valence-electron chi connectivity index (χ1n) is 10.9. The largest absolute Gasteiger partial charge is 0.345 e. The molecular formula is C24H27BrN4O2. The topological polar surface area (TPSA) is 67.2 Å². The Morgan fingerprint density at radius 2 is 1.68 bits per heavy atom. The Morgan fingerprint density at radius 1 is 0.968 bits per heavy atom. The van der Waals surface area contributed by atoms with Crippen molar-refractivity contribution in [2.45, 2.75) is 45.2 Å². The van der Waals surface area contributed by atoms with Gasteiger partial charge in [-0.1, -0.05) is 40.9 Å². The van der Waals surface area contributed by atoms with E-state index in [-0.39, 0.29) is 11.8 Å². The zero-order valence-corrected chi connectivity index (χ0v) is 19.1. The Labute approximate surface area is 190 Å². The van der Waals surface area contributed by atoms with E-state index in [0.717, 1.165) is 47.3 Å². The van der Waals surface area contributed by atoms with E-state index in [1.54, 1.807) is 12.1 Å². The minimum absolute atomic E-state index is 0.147. The van der Waals surface area contributed by atoms with Crippen molar-refractivity contribution in [2.75, 3.05) is 13.1 Å². The van der Waals surface area contributed by atoms with Crippen LogP contribution < -0.4 is 5.32 Å². The molecule has 0 atom stereocenters. The minimum atomic E-state index is -0.147. The summed E-state index contributed by atoms with van der Waals surface area (Å²) in [5, 5.41) is 2.96. The molecule has 6 nitrogen and oxygen atoms in total. The number of fused-ring (bicyclic) bond motifs is 1. The molecule has 0 aliphatic carbocycles. The van der Waals surface area contributed by atoms with E-state index in [4.69, 9.17) is 4.98 Å². The second kappa shape index (κ2) is 10.1. The highest BCUT2D eigenvalue weighted by Gasteiger charge is 2.18. The number of aryl methyl sites for hydroxylation is 1. The maximum Gasteiger partial charge on any atom is 0.251 e. The van der Waals surface area contributed by atoms with E-state index >= 15 is 0 Å². The maximum atomic E-state index is 12.8. The molecule has 2 amide bonds. The average molecular weight is 483 g/mol. The number of hydrogen-bond acceptors (Lipinski definition) is 3. The van der Waals surface area contributed by atoms with Gasteiger partial charge in [0.05, 0.1) is 17.6 Å². The minimum Gasteiger partial charge on any atom is -0.345 e. The number of para-hydroxylation sites is 2. The zero-order chi connectivity index (χ0) is 21.6. The molecule has 0 saturated carbocycles. The van der Waals surface area contributed by atoms with Gasteiger partial charge >= 0.3 is 0 Å². The third-order valence-corrected chi connectivity index (χ3v) is 6.28. The lowest BCUT2D eigenvalue weighted by Crippen LogP contribution is -2.32. The van der Waals surface area contributed by atoms with Gasteiger partial charge in [-0.25, -0.2) is 4.98 Å². The molecule has 1 fully saturated rings. The molecule has 2 aromatic carbocycles. The lowest BCUT2D eigenvalue weighted by molar-refractivity contribution is -0.131. The van der Waals surface area contributed by atoms with Crippen LogP contribution in [0.3, 0.4) is 0 Å². The Hall–Kier alpha value is -2.67. The molecule has 1 aromatic heterocycles. The second-order valence-corrected chi connectivity index (χ2v) is 8.82. The normalized spacial score (nSPS) is 14.4. The van der Waals surface area contributed by atoms with Gasteiger partial charge in [0.1, 0.15) is 5.82 Å². The predicted octanol–water partition coefficient (Wildman–Crippen LogP) is 4.52. The number of rotatable bonds is 6. The summed E-state index contributed by atoms with van der Waals surface area (Å²) in [5.74, 6) is 0.812. The van der Waals surface area contributed by atoms with Crippen molar-refractivity contribution in [3.63, 3.8) is 0 Å². The third-order valence-electron chi connectivity index (χ3n) is 5.76. The highest BCUT2D eigenvalue weighted by molar-refractivity contribution is 9.10. The standard InChI is InChI=1S/C24H27BrN4O2/c25-19-11-9-18(10-12-19)24(31)26-17-22-27-20-7-3-4-8-21(20)29(22)16-13-23(30)28-14-5-1-2-6-15-28/h3-4,7-12H,1-2,5-6,13-17H2,(H,26,31). The summed E-state index contributed by atoms with van der Waals surface area (Å²) >= 11 is 3.39. The van der Waals surface area contributed by atoms with E-state index < -0.39 is 0 Å². The molecule has 1 aliphatic heterocycles. The molecule has 1 aliphatic rings. The highest BCUT2D eigenvalue weighted by atomic mass is 79.9. The summed E-state index contributed by atoms with van der Waals surface area (Å²) in [6, 6.07) is 15.1. The van der Waals surface area contributed by atoms with Crippen molar-refractivity contribution in [3.05, 3.63) is 64.4 Å². The molecule has 4 rings (SSSR count). The molecule has 3 aromatic rings. The Morgan fingerprint density at radius 3 is 2.42 bits per heavy atom. The van der Waals surface area contributed by atoms with Crippen LogP contribution in [0.2, 0.25) is 0 Å². The Kier molecular flexibility index (Phi) is 7.02. The SMILES string of the molecule is O=C(NCc1nc2ccccc2n1CCC(=O)N1CCCCCC1)c1ccc(Br)cc1. The number of aromatic nitrogens is 2. The summed E-state index contributed by atoms with van der Waals surface area (Å²) in [6.07, 6.45) is 5.03. The van der Waals surface area contributed by atoms with Gasteiger partial charge < -0.3 is 14.8 Å². The number of halogens is 1. The fourth-order valence-electron chi connectivity index (χ4n) is 4.06. The molecule has 0 unspecified atom stereocenters. The lowest BCUT2D eigenvalue weighted by Gasteiger charge is -2.20. The van der Waals surface area contributed by atoms with Gasteiger partial charge in [-0.15, -0.1) is 0 Å². The Balaban J connectivity index is 1.47. The first-order valence-corrected chi connectivity index (χ1v) is 11.7. The lowest BCUT2D eigenvalue weighted by atomic mass is 10.2. The van der Waals surface area contributed by atoms with E-state index in [0.29, 0.717) is 25.1 Å². The van der Waals surface area contributed by atoms with Crippen LogP contribution >= 0.6 is 15.9 Å². The molecule has 0 radical (unpaired) electrons. The van der Waals surface area contributed by atoms with Gasteiger partial charge in [-0.2, -0.15) is 0 Å². The van der Waals surface area contributed by atoms with E-state index in [1.807, 2.05) is 41.3 Å². The number of benzene rings is 2.